The zero-order valence-electron chi connectivity index (χ0n) is 13.6. The Labute approximate surface area is 155 Å². The molecule has 25 heavy (non-hydrogen) atoms. The number of hydrogen-bond donors (Lipinski definition) is 1. The molecule has 6 heteroatoms. The second-order valence-corrected chi connectivity index (χ2v) is 7.35. The van der Waals surface area contributed by atoms with Gasteiger partial charge in [0.2, 0.25) is 0 Å². The summed E-state index contributed by atoms with van der Waals surface area (Å²) in [5, 5.41) is 6.18. The number of nitrogens with one attached hydrogen (secondary N) is 1. The van der Waals surface area contributed by atoms with Crippen molar-refractivity contribution >= 4 is 34.5 Å². The van der Waals surface area contributed by atoms with Crippen LogP contribution in [-0.2, 0) is 6.54 Å². The molecule has 4 nitrogen and oxygen atoms in total. The van der Waals surface area contributed by atoms with Gasteiger partial charge in [-0.3, -0.25) is 9.78 Å². The van der Waals surface area contributed by atoms with Crippen LogP contribution in [0.4, 0.5) is 5.69 Å². The Hall–Kier alpha value is -2.37. The molecule has 0 saturated carbocycles. The van der Waals surface area contributed by atoms with Gasteiger partial charge >= 0.3 is 0 Å². The van der Waals surface area contributed by atoms with Gasteiger partial charge in [-0.25, -0.2) is 0 Å². The molecule has 0 spiro atoms. The highest BCUT2D eigenvalue weighted by Crippen LogP contribution is 2.36. The number of thiophene rings is 1. The molecule has 4 rings (SSSR count). The average Bonchev–Trinajstić information content (AvgIpc) is 3.22. The summed E-state index contributed by atoms with van der Waals surface area (Å²) in [5.74, 6) is -0.00585. The van der Waals surface area contributed by atoms with Gasteiger partial charge < -0.3 is 10.2 Å². The van der Waals surface area contributed by atoms with Gasteiger partial charge in [-0.2, -0.15) is 0 Å². The Kier molecular flexibility index (Phi) is 4.19. The lowest BCUT2D eigenvalue weighted by Gasteiger charge is -2.27. The number of benzene rings is 1. The van der Waals surface area contributed by atoms with Gasteiger partial charge in [-0.05, 0) is 48.2 Å². The van der Waals surface area contributed by atoms with Crippen LogP contribution in [0.25, 0.3) is 0 Å². The fourth-order valence-electron chi connectivity index (χ4n) is 3.03. The maximum Gasteiger partial charge on any atom is 0.258 e. The van der Waals surface area contributed by atoms with Crippen molar-refractivity contribution < 1.29 is 4.79 Å². The first kappa shape index (κ1) is 16.1. The number of amides is 1. The number of hydrogen-bond acceptors (Lipinski definition) is 4. The van der Waals surface area contributed by atoms with E-state index >= 15 is 0 Å². The maximum atomic E-state index is 12.9. The van der Waals surface area contributed by atoms with E-state index in [4.69, 9.17) is 11.6 Å². The molecular weight excluding hydrogens is 354 g/mol. The average molecular weight is 370 g/mol. The molecule has 3 heterocycles. The number of pyridine rings is 1. The summed E-state index contributed by atoms with van der Waals surface area (Å²) in [6.45, 7) is 2.51. The topological polar surface area (TPSA) is 45.2 Å². The first-order valence-corrected chi connectivity index (χ1v) is 9.21. The Morgan fingerprint density at radius 1 is 1.24 bits per heavy atom. The van der Waals surface area contributed by atoms with Crippen molar-refractivity contribution in [3.63, 3.8) is 0 Å². The van der Waals surface area contributed by atoms with Crippen LogP contribution in [0.1, 0.15) is 32.7 Å². The molecule has 0 fully saturated rings. The van der Waals surface area contributed by atoms with Crippen molar-refractivity contribution in [3.05, 3.63) is 80.8 Å². The van der Waals surface area contributed by atoms with Gasteiger partial charge in [0.15, 0.2) is 0 Å². The predicted octanol–water partition coefficient (Wildman–Crippen LogP) is 4.87. The lowest BCUT2D eigenvalue weighted by atomic mass is 10.1. The molecule has 2 aromatic heterocycles. The van der Waals surface area contributed by atoms with Crippen LogP contribution in [0, 0.1) is 6.92 Å². The van der Waals surface area contributed by atoms with Crippen molar-refractivity contribution in [1.29, 1.82) is 0 Å². The summed E-state index contributed by atoms with van der Waals surface area (Å²) < 4.78 is 0. The van der Waals surface area contributed by atoms with Crippen molar-refractivity contribution in [2.24, 2.45) is 0 Å². The van der Waals surface area contributed by atoms with Crippen molar-refractivity contribution in [2.75, 3.05) is 5.32 Å². The molecule has 0 bridgehead atoms. The van der Waals surface area contributed by atoms with E-state index in [1.807, 2.05) is 53.6 Å². The lowest BCUT2D eigenvalue weighted by molar-refractivity contribution is 0.0729. The SMILES string of the molecule is Cc1c(Cl)cccc1N[C@H]1c2ncccc2C(=O)N1Cc1cccs1. The minimum Gasteiger partial charge on any atom is -0.360 e. The smallest absolute Gasteiger partial charge is 0.258 e. The summed E-state index contributed by atoms with van der Waals surface area (Å²) in [6, 6.07) is 13.4. The first-order valence-electron chi connectivity index (χ1n) is 7.95. The van der Waals surface area contributed by atoms with Gasteiger partial charge in [0.1, 0.15) is 6.17 Å². The van der Waals surface area contributed by atoms with E-state index in [1.54, 1.807) is 23.6 Å². The standard InChI is InChI=1S/C19H16ClN3OS/c1-12-15(20)7-2-8-16(12)22-18-17-14(6-3-9-21-17)19(24)23(18)11-13-5-4-10-25-13/h2-10,18,22H,11H2,1H3/t18-/m1/s1. The number of halogens is 1. The minimum absolute atomic E-state index is 0.00585. The van der Waals surface area contributed by atoms with Gasteiger partial charge in [0.25, 0.3) is 5.91 Å². The van der Waals surface area contributed by atoms with Crippen LogP contribution in [0.3, 0.4) is 0 Å². The third kappa shape index (κ3) is 2.90. The third-order valence-corrected chi connectivity index (χ3v) is 5.64. The largest absolute Gasteiger partial charge is 0.360 e. The van der Waals surface area contributed by atoms with Gasteiger partial charge in [0, 0.05) is 21.8 Å². The third-order valence-electron chi connectivity index (χ3n) is 4.37. The number of fused-ring (bicyclic) bond motifs is 1. The van der Waals surface area contributed by atoms with Crippen molar-refractivity contribution in [1.82, 2.24) is 9.88 Å². The molecule has 1 amide bonds. The Morgan fingerprint density at radius 2 is 2.12 bits per heavy atom. The molecule has 3 aromatic rings. The van der Waals surface area contributed by atoms with Crippen LogP contribution in [0.5, 0.6) is 0 Å². The summed E-state index contributed by atoms with van der Waals surface area (Å²) in [5.41, 5.74) is 3.26. The molecular formula is C19H16ClN3OS. The van der Waals surface area contributed by atoms with E-state index in [2.05, 4.69) is 10.3 Å². The normalized spacial score (nSPS) is 16.2. The maximum absolute atomic E-state index is 12.9. The van der Waals surface area contributed by atoms with Crippen LogP contribution < -0.4 is 5.32 Å². The zero-order chi connectivity index (χ0) is 17.4. The summed E-state index contributed by atoms with van der Waals surface area (Å²) in [4.78, 5) is 20.3. The van der Waals surface area contributed by atoms with Crippen molar-refractivity contribution in [2.45, 2.75) is 19.6 Å². The molecule has 1 aliphatic rings. The molecule has 0 radical (unpaired) electrons. The molecule has 0 unspecified atom stereocenters. The summed E-state index contributed by atoms with van der Waals surface area (Å²) >= 11 is 7.89. The van der Waals surface area contributed by atoms with Crippen LogP contribution in [-0.4, -0.2) is 15.8 Å². The molecule has 1 atom stereocenters. The molecule has 1 aliphatic heterocycles. The fourth-order valence-corrected chi connectivity index (χ4v) is 3.90. The number of carbonyl (C=O) groups excluding carboxylic acids is 1. The fraction of sp³-hybridized carbons (Fsp3) is 0.158. The van der Waals surface area contributed by atoms with Gasteiger partial charge in [-0.1, -0.05) is 23.7 Å². The molecule has 126 valence electrons. The van der Waals surface area contributed by atoms with E-state index in [0.29, 0.717) is 17.1 Å². The highest BCUT2D eigenvalue weighted by atomic mass is 35.5. The number of anilines is 1. The Bertz CT molecular complexity index is 926. The zero-order valence-corrected chi connectivity index (χ0v) is 15.1. The number of carbonyl (C=O) groups is 1. The Morgan fingerprint density at radius 3 is 2.92 bits per heavy atom. The second-order valence-electron chi connectivity index (χ2n) is 5.91. The number of nitrogens with zero attached hydrogens (tertiary/aromatic N) is 2. The lowest BCUT2D eigenvalue weighted by Crippen LogP contribution is -2.32. The molecule has 0 aliphatic carbocycles. The van der Waals surface area contributed by atoms with E-state index in [1.165, 1.54) is 0 Å². The minimum atomic E-state index is -0.317. The number of aromatic nitrogens is 1. The van der Waals surface area contributed by atoms with Crippen LogP contribution in [0.2, 0.25) is 5.02 Å². The number of rotatable bonds is 4. The highest BCUT2D eigenvalue weighted by Gasteiger charge is 2.38. The van der Waals surface area contributed by atoms with Crippen LogP contribution >= 0.6 is 22.9 Å². The van der Waals surface area contributed by atoms with Crippen molar-refractivity contribution in [3.8, 4) is 0 Å². The quantitative estimate of drug-likeness (QED) is 0.713. The monoisotopic (exact) mass is 369 g/mol. The first-order chi connectivity index (χ1) is 12.1. The van der Waals surface area contributed by atoms with E-state index in [0.717, 1.165) is 21.8 Å². The predicted molar refractivity (Wildman–Crippen MR) is 101 cm³/mol. The Balaban J connectivity index is 1.73. The van der Waals surface area contributed by atoms with E-state index in [9.17, 15) is 4.79 Å². The van der Waals surface area contributed by atoms with Crippen LogP contribution in [0.15, 0.2) is 54.0 Å². The van der Waals surface area contributed by atoms with E-state index in [-0.39, 0.29) is 12.1 Å². The highest BCUT2D eigenvalue weighted by molar-refractivity contribution is 7.09. The summed E-state index contributed by atoms with van der Waals surface area (Å²) in [7, 11) is 0. The second kappa shape index (κ2) is 6.50. The summed E-state index contributed by atoms with van der Waals surface area (Å²) in [6.07, 6.45) is 1.41. The molecule has 1 N–H and O–H groups in total. The van der Waals surface area contributed by atoms with E-state index < -0.39 is 0 Å². The van der Waals surface area contributed by atoms with Gasteiger partial charge in [-0.15, -0.1) is 11.3 Å². The molecule has 1 aromatic carbocycles. The van der Waals surface area contributed by atoms with Gasteiger partial charge in [0.05, 0.1) is 17.8 Å². The molecule has 0 saturated heterocycles.